The van der Waals surface area contributed by atoms with Crippen molar-refractivity contribution in [1.29, 1.82) is 0 Å². The number of carbonyl (C=O) groups excluding carboxylic acids is 1. The van der Waals surface area contributed by atoms with Gasteiger partial charge in [0.2, 0.25) is 5.91 Å². The fourth-order valence-corrected chi connectivity index (χ4v) is 1.27. The number of likely N-dealkylation sites (N-methyl/N-ethyl adjacent to an activating group) is 1. The first-order valence-electron chi connectivity index (χ1n) is 4.17. The van der Waals surface area contributed by atoms with Gasteiger partial charge in [-0.3, -0.25) is 4.79 Å². The molecule has 0 heterocycles. The summed E-state index contributed by atoms with van der Waals surface area (Å²) < 4.78 is 5.02. The number of amides is 1. The molecule has 0 atom stereocenters. The zero-order valence-electron chi connectivity index (χ0n) is 7.68. The van der Waals surface area contributed by atoms with Crippen LogP contribution < -0.4 is 0 Å². The minimum absolute atomic E-state index is 0.0683. The summed E-state index contributed by atoms with van der Waals surface area (Å²) in [6, 6.07) is 0. The van der Waals surface area contributed by atoms with Crippen molar-refractivity contribution in [3.05, 3.63) is 0 Å². The highest BCUT2D eigenvalue weighted by Crippen LogP contribution is 1.92. The first-order chi connectivity index (χ1) is 5.76. The Balaban J connectivity index is 3.69. The van der Waals surface area contributed by atoms with Gasteiger partial charge in [-0.05, 0) is 13.8 Å². The molecule has 0 saturated carbocycles. The van der Waals surface area contributed by atoms with Gasteiger partial charge in [-0.25, -0.2) is 0 Å². The van der Waals surface area contributed by atoms with Crippen molar-refractivity contribution >= 4 is 21.8 Å². The lowest BCUT2D eigenvalue weighted by atomic mass is 10.5. The molecule has 0 unspecified atom stereocenters. The van der Waals surface area contributed by atoms with E-state index < -0.39 is 0 Å². The van der Waals surface area contributed by atoms with Crippen molar-refractivity contribution in [1.82, 2.24) is 4.90 Å². The first-order valence-corrected chi connectivity index (χ1v) is 5.29. The van der Waals surface area contributed by atoms with E-state index in [4.69, 9.17) is 4.74 Å². The topological polar surface area (TPSA) is 29.5 Å². The summed E-state index contributed by atoms with van der Waals surface area (Å²) in [7, 11) is 0. The maximum atomic E-state index is 11.3. The largest absolute Gasteiger partial charge is 0.372 e. The number of halogens is 1. The molecule has 0 aromatic rings. The second-order valence-electron chi connectivity index (χ2n) is 2.30. The van der Waals surface area contributed by atoms with E-state index in [0.29, 0.717) is 6.61 Å². The number of hydrogen-bond acceptors (Lipinski definition) is 2. The summed E-state index contributed by atoms with van der Waals surface area (Å²) in [6.07, 6.45) is 0. The Kier molecular flexibility index (Phi) is 7.50. The molecular weight excluding hydrogens is 222 g/mol. The van der Waals surface area contributed by atoms with Crippen LogP contribution in [0.3, 0.4) is 0 Å². The lowest BCUT2D eigenvalue weighted by Gasteiger charge is -2.19. The third kappa shape index (κ3) is 4.72. The highest BCUT2D eigenvalue weighted by atomic mass is 79.9. The summed E-state index contributed by atoms with van der Waals surface area (Å²) in [6.45, 7) is 6.15. The van der Waals surface area contributed by atoms with Crippen molar-refractivity contribution in [3.8, 4) is 0 Å². The van der Waals surface area contributed by atoms with E-state index in [0.717, 1.165) is 18.4 Å². The van der Waals surface area contributed by atoms with Gasteiger partial charge in [0.05, 0.1) is 0 Å². The van der Waals surface area contributed by atoms with E-state index in [1.165, 1.54) is 0 Å². The van der Waals surface area contributed by atoms with Crippen LogP contribution in [0.15, 0.2) is 0 Å². The van der Waals surface area contributed by atoms with Gasteiger partial charge in [0.1, 0.15) is 6.61 Å². The molecule has 1 amide bonds. The molecule has 0 aromatic carbocycles. The lowest BCUT2D eigenvalue weighted by Crippen LogP contribution is -2.35. The summed E-state index contributed by atoms with van der Waals surface area (Å²) in [5.74, 6) is 0.0683. The van der Waals surface area contributed by atoms with Crippen LogP contribution in [0, 0.1) is 0 Å². The predicted molar refractivity (Wildman–Crippen MR) is 52.5 cm³/mol. The second kappa shape index (κ2) is 7.55. The Morgan fingerprint density at radius 3 is 2.58 bits per heavy atom. The van der Waals surface area contributed by atoms with Gasteiger partial charge < -0.3 is 9.64 Å². The minimum Gasteiger partial charge on any atom is -0.372 e. The molecule has 0 spiro atoms. The van der Waals surface area contributed by atoms with Gasteiger partial charge in [-0.15, -0.1) is 0 Å². The smallest absolute Gasteiger partial charge is 0.248 e. The van der Waals surface area contributed by atoms with Gasteiger partial charge in [-0.1, -0.05) is 15.9 Å². The summed E-state index contributed by atoms with van der Waals surface area (Å²) in [4.78, 5) is 13.1. The molecule has 72 valence electrons. The van der Waals surface area contributed by atoms with Crippen LogP contribution in [0.2, 0.25) is 0 Å². The lowest BCUT2D eigenvalue weighted by molar-refractivity contribution is -0.135. The number of ether oxygens (including phenoxy) is 1. The van der Waals surface area contributed by atoms with Crippen molar-refractivity contribution in [2.24, 2.45) is 0 Å². The summed E-state index contributed by atoms with van der Waals surface area (Å²) in [5.41, 5.74) is 0. The Morgan fingerprint density at radius 2 is 2.17 bits per heavy atom. The standard InChI is InChI=1S/C8H16BrNO2/c1-3-10(6-5-9)8(11)7-12-4-2/h3-7H2,1-2H3. The van der Waals surface area contributed by atoms with E-state index in [2.05, 4.69) is 15.9 Å². The fourth-order valence-electron chi connectivity index (χ4n) is 0.842. The van der Waals surface area contributed by atoms with Crippen molar-refractivity contribution < 1.29 is 9.53 Å². The maximum absolute atomic E-state index is 11.3. The van der Waals surface area contributed by atoms with E-state index in [-0.39, 0.29) is 12.5 Å². The monoisotopic (exact) mass is 237 g/mol. The zero-order chi connectivity index (χ0) is 9.40. The number of rotatable bonds is 6. The molecule has 0 saturated heterocycles. The highest BCUT2D eigenvalue weighted by molar-refractivity contribution is 9.09. The molecule has 0 rings (SSSR count). The van der Waals surface area contributed by atoms with Crippen LogP contribution >= 0.6 is 15.9 Å². The van der Waals surface area contributed by atoms with Gasteiger partial charge in [0, 0.05) is 25.0 Å². The molecule has 0 aliphatic heterocycles. The molecule has 4 heteroatoms. The average Bonchev–Trinajstić information content (AvgIpc) is 2.10. The van der Waals surface area contributed by atoms with Crippen LogP contribution in [0.1, 0.15) is 13.8 Å². The second-order valence-corrected chi connectivity index (χ2v) is 3.09. The van der Waals surface area contributed by atoms with Crippen LogP contribution in [-0.2, 0) is 9.53 Å². The number of nitrogens with zero attached hydrogens (tertiary/aromatic N) is 1. The van der Waals surface area contributed by atoms with E-state index in [9.17, 15) is 4.79 Å². The normalized spacial score (nSPS) is 9.92. The number of carbonyl (C=O) groups is 1. The Hall–Kier alpha value is -0.0900. The van der Waals surface area contributed by atoms with Crippen LogP contribution in [0.4, 0.5) is 0 Å². The van der Waals surface area contributed by atoms with Crippen LogP contribution in [0.25, 0.3) is 0 Å². The molecule has 0 aliphatic carbocycles. The molecule has 3 nitrogen and oxygen atoms in total. The van der Waals surface area contributed by atoms with Gasteiger partial charge in [0.25, 0.3) is 0 Å². The van der Waals surface area contributed by atoms with E-state index in [1.807, 2.05) is 13.8 Å². The van der Waals surface area contributed by atoms with Crippen molar-refractivity contribution in [2.75, 3.05) is 31.6 Å². The highest BCUT2D eigenvalue weighted by Gasteiger charge is 2.09. The molecule has 0 fully saturated rings. The molecule has 0 N–H and O–H groups in total. The molecule has 12 heavy (non-hydrogen) atoms. The quantitative estimate of drug-likeness (QED) is 0.652. The summed E-state index contributed by atoms with van der Waals surface area (Å²) in [5, 5.41) is 0.818. The third-order valence-corrected chi connectivity index (χ3v) is 1.87. The van der Waals surface area contributed by atoms with E-state index in [1.54, 1.807) is 4.90 Å². The van der Waals surface area contributed by atoms with Gasteiger partial charge in [0.15, 0.2) is 0 Å². The maximum Gasteiger partial charge on any atom is 0.248 e. The average molecular weight is 238 g/mol. The Bertz CT molecular complexity index is 130. The summed E-state index contributed by atoms with van der Waals surface area (Å²) >= 11 is 3.29. The Morgan fingerprint density at radius 1 is 1.50 bits per heavy atom. The molecular formula is C8H16BrNO2. The minimum atomic E-state index is 0.0683. The van der Waals surface area contributed by atoms with Crippen LogP contribution in [0.5, 0.6) is 0 Å². The van der Waals surface area contributed by atoms with E-state index >= 15 is 0 Å². The Labute approximate surface area is 82.2 Å². The number of alkyl halides is 1. The third-order valence-electron chi connectivity index (χ3n) is 1.52. The van der Waals surface area contributed by atoms with Crippen molar-refractivity contribution in [3.63, 3.8) is 0 Å². The molecule has 0 bridgehead atoms. The predicted octanol–water partition coefficient (Wildman–Crippen LogP) is 1.27. The van der Waals surface area contributed by atoms with Gasteiger partial charge in [-0.2, -0.15) is 0 Å². The SMILES string of the molecule is CCOCC(=O)N(CC)CCBr. The van der Waals surface area contributed by atoms with Gasteiger partial charge >= 0.3 is 0 Å². The fraction of sp³-hybridized carbons (Fsp3) is 0.875. The van der Waals surface area contributed by atoms with Crippen LogP contribution in [-0.4, -0.2) is 42.4 Å². The number of hydrogen-bond donors (Lipinski definition) is 0. The van der Waals surface area contributed by atoms with Crippen molar-refractivity contribution in [2.45, 2.75) is 13.8 Å². The molecule has 0 aromatic heterocycles. The first kappa shape index (κ1) is 11.9. The molecule has 0 radical (unpaired) electrons. The zero-order valence-corrected chi connectivity index (χ0v) is 9.26. The molecule has 0 aliphatic rings.